The summed E-state index contributed by atoms with van der Waals surface area (Å²) >= 11 is 1.30. The minimum atomic E-state index is -0.921. The lowest BCUT2D eigenvalue weighted by molar-refractivity contribution is 0.0982. The van der Waals surface area contributed by atoms with E-state index in [1.165, 1.54) is 11.9 Å². The average Bonchev–Trinajstić information content (AvgIpc) is 3.41. The van der Waals surface area contributed by atoms with E-state index in [1.807, 2.05) is 54.7 Å². The van der Waals surface area contributed by atoms with E-state index in [2.05, 4.69) is 35.9 Å². The van der Waals surface area contributed by atoms with Crippen LogP contribution < -0.4 is 10.0 Å². The molecule has 36 heavy (non-hydrogen) atoms. The largest absolute Gasteiger partial charge is 0.314 e. The van der Waals surface area contributed by atoms with Crippen molar-refractivity contribution in [3.8, 4) is 5.82 Å². The molecule has 1 fully saturated rings. The van der Waals surface area contributed by atoms with Gasteiger partial charge in [-0.05, 0) is 93.3 Å². The zero-order valence-electron chi connectivity index (χ0n) is 21.3. The Morgan fingerprint density at radius 3 is 2.64 bits per heavy atom. The van der Waals surface area contributed by atoms with E-state index in [4.69, 9.17) is 4.98 Å². The van der Waals surface area contributed by atoms with Crippen LogP contribution >= 0.6 is 11.9 Å². The van der Waals surface area contributed by atoms with Gasteiger partial charge in [-0.3, -0.25) is 9.52 Å². The van der Waals surface area contributed by atoms with Crippen molar-refractivity contribution in [2.24, 2.45) is 5.92 Å². The van der Waals surface area contributed by atoms with Crippen molar-refractivity contribution in [2.75, 3.05) is 6.54 Å². The quantitative estimate of drug-likeness (QED) is 0.289. The highest BCUT2D eigenvalue weighted by Crippen LogP contribution is 2.43. The van der Waals surface area contributed by atoms with Crippen LogP contribution in [0.25, 0.3) is 5.82 Å². The molecule has 0 radical (unpaired) electrons. The number of alkyl halides is 1. The zero-order chi connectivity index (χ0) is 25.5. The summed E-state index contributed by atoms with van der Waals surface area (Å²) in [5, 5.41) is 8.13. The number of aromatic nitrogens is 3. The van der Waals surface area contributed by atoms with E-state index in [-0.39, 0.29) is 5.91 Å². The van der Waals surface area contributed by atoms with E-state index >= 15 is 0 Å². The second-order valence-corrected chi connectivity index (χ2v) is 11.0. The fraction of sp³-hybridized carbons (Fsp3) is 0.464. The Morgan fingerprint density at radius 2 is 1.92 bits per heavy atom. The maximum Gasteiger partial charge on any atom is 0.263 e. The van der Waals surface area contributed by atoms with Crippen molar-refractivity contribution < 1.29 is 9.18 Å². The van der Waals surface area contributed by atoms with Gasteiger partial charge in [-0.2, -0.15) is 5.10 Å². The number of amides is 1. The van der Waals surface area contributed by atoms with Gasteiger partial charge in [-0.15, -0.1) is 0 Å². The third-order valence-electron chi connectivity index (χ3n) is 6.35. The zero-order valence-corrected chi connectivity index (χ0v) is 22.2. The van der Waals surface area contributed by atoms with Crippen molar-refractivity contribution in [2.45, 2.75) is 75.9 Å². The minimum absolute atomic E-state index is 0.164. The first-order valence-corrected chi connectivity index (χ1v) is 13.6. The van der Waals surface area contributed by atoms with Crippen molar-refractivity contribution >= 4 is 17.9 Å². The molecular formula is C28H36FN5OS. The molecule has 3 aromatic rings. The van der Waals surface area contributed by atoms with Crippen LogP contribution in [0.1, 0.15) is 68.2 Å². The second kappa shape index (κ2) is 12.0. The summed E-state index contributed by atoms with van der Waals surface area (Å²) in [6.45, 7) is 7.25. The molecule has 0 spiro atoms. The maximum atomic E-state index is 13.9. The average molecular weight is 510 g/mol. The third-order valence-corrected chi connectivity index (χ3v) is 7.15. The summed E-state index contributed by atoms with van der Waals surface area (Å²) in [6.07, 6.45) is 6.10. The number of aryl methyl sites for hydroxylation is 1. The molecule has 1 aromatic carbocycles. The molecule has 192 valence electrons. The second-order valence-electron chi connectivity index (χ2n) is 10.1. The highest BCUT2D eigenvalue weighted by atomic mass is 32.2. The van der Waals surface area contributed by atoms with Gasteiger partial charge in [-0.25, -0.2) is 14.1 Å². The summed E-state index contributed by atoms with van der Waals surface area (Å²) < 4.78 is 18.6. The van der Waals surface area contributed by atoms with Crippen molar-refractivity contribution in [3.63, 3.8) is 0 Å². The number of benzene rings is 1. The predicted molar refractivity (Wildman–Crippen MR) is 143 cm³/mol. The Hall–Kier alpha value is -2.71. The molecule has 1 saturated carbocycles. The van der Waals surface area contributed by atoms with Gasteiger partial charge in [0.2, 0.25) is 0 Å². The lowest BCUT2D eigenvalue weighted by Gasteiger charge is -2.17. The van der Waals surface area contributed by atoms with Gasteiger partial charge in [0.1, 0.15) is 5.67 Å². The monoisotopic (exact) mass is 509 g/mol. The predicted octanol–water partition coefficient (Wildman–Crippen LogP) is 5.71. The van der Waals surface area contributed by atoms with Crippen LogP contribution in [0.15, 0.2) is 59.6 Å². The molecule has 1 atom stereocenters. The van der Waals surface area contributed by atoms with E-state index < -0.39 is 5.67 Å². The Bertz CT molecular complexity index is 1150. The first kappa shape index (κ1) is 26.4. The standard InChI is InChI=1S/C28H36FN5OS/c1-20(2)30-19-21(3)18-25-24(27(35)33-36-23-9-5-4-6-10-23)11-12-26(31-25)34-17-13-22(32-34)8-7-14-28(29)15-16-28/h4-6,9-13,17,20-21,30H,7-8,14-16,18-19H2,1-3H3,(H,33,35). The van der Waals surface area contributed by atoms with Crippen LogP contribution in [0.4, 0.5) is 4.39 Å². The lowest BCUT2D eigenvalue weighted by Crippen LogP contribution is -2.29. The van der Waals surface area contributed by atoms with Gasteiger partial charge in [0.25, 0.3) is 5.91 Å². The molecular weight excluding hydrogens is 473 g/mol. The summed E-state index contributed by atoms with van der Waals surface area (Å²) in [5.74, 6) is 0.812. The van der Waals surface area contributed by atoms with Gasteiger partial charge in [0.15, 0.2) is 5.82 Å². The summed E-state index contributed by atoms with van der Waals surface area (Å²) in [7, 11) is 0. The van der Waals surface area contributed by atoms with Crippen LogP contribution in [0.5, 0.6) is 0 Å². The van der Waals surface area contributed by atoms with Crippen molar-refractivity contribution in [1.82, 2.24) is 24.8 Å². The highest BCUT2D eigenvalue weighted by Gasteiger charge is 2.42. The Kier molecular flexibility index (Phi) is 8.80. The lowest BCUT2D eigenvalue weighted by atomic mass is 10.0. The van der Waals surface area contributed by atoms with Crippen molar-refractivity contribution in [1.29, 1.82) is 0 Å². The maximum absolute atomic E-state index is 13.9. The number of carbonyl (C=O) groups excluding carboxylic acids is 1. The molecule has 1 unspecified atom stereocenters. The molecule has 2 aromatic heterocycles. The number of halogens is 1. The van der Waals surface area contributed by atoms with Crippen LogP contribution in [-0.2, 0) is 12.8 Å². The third kappa shape index (κ3) is 7.64. The molecule has 0 bridgehead atoms. The molecule has 1 amide bonds. The molecule has 6 nitrogen and oxygen atoms in total. The van der Waals surface area contributed by atoms with Crippen LogP contribution in [0.3, 0.4) is 0 Å². The normalized spacial score (nSPS) is 15.1. The first-order chi connectivity index (χ1) is 17.3. The summed E-state index contributed by atoms with van der Waals surface area (Å²) in [4.78, 5) is 18.9. The summed E-state index contributed by atoms with van der Waals surface area (Å²) in [6, 6.07) is 15.8. The molecule has 1 aliphatic carbocycles. The van der Waals surface area contributed by atoms with Crippen LogP contribution in [0, 0.1) is 5.92 Å². The minimum Gasteiger partial charge on any atom is -0.314 e. The summed E-state index contributed by atoms with van der Waals surface area (Å²) in [5.41, 5.74) is 1.33. The molecule has 2 heterocycles. The molecule has 0 saturated heterocycles. The van der Waals surface area contributed by atoms with E-state index in [1.54, 1.807) is 4.68 Å². The number of nitrogens with one attached hydrogen (secondary N) is 2. The SMILES string of the molecule is CC(CNC(C)C)Cc1nc(-n2ccc(CCCC3(F)CC3)n2)ccc1C(=O)NSc1ccccc1. The number of carbonyl (C=O) groups is 1. The van der Waals surface area contributed by atoms with Gasteiger partial charge < -0.3 is 5.32 Å². The molecule has 2 N–H and O–H groups in total. The van der Waals surface area contributed by atoms with E-state index in [0.717, 1.165) is 35.7 Å². The van der Waals surface area contributed by atoms with Gasteiger partial charge in [0, 0.05) is 17.1 Å². The Morgan fingerprint density at radius 1 is 1.14 bits per heavy atom. The Balaban J connectivity index is 1.48. The molecule has 1 aliphatic rings. The highest BCUT2D eigenvalue weighted by molar-refractivity contribution is 7.98. The molecule has 4 rings (SSSR count). The fourth-order valence-corrected chi connectivity index (χ4v) is 4.68. The number of nitrogens with zero attached hydrogens (tertiary/aromatic N) is 3. The molecule has 8 heteroatoms. The molecule has 0 aliphatic heterocycles. The number of hydrogen-bond donors (Lipinski definition) is 2. The number of hydrogen-bond acceptors (Lipinski definition) is 5. The van der Waals surface area contributed by atoms with Crippen molar-refractivity contribution in [3.05, 3.63) is 71.7 Å². The smallest absolute Gasteiger partial charge is 0.263 e. The first-order valence-electron chi connectivity index (χ1n) is 12.8. The topological polar surface area (TPSA) is 71.8 Å². The van der Waals surface area contributed by atoms with Gasteiger partial charge >= 0.3 is 0 Å². The Labute approximate surface area is 217 Å². The van der Waals surface area contributed by atoms with Crippen LogP contribution in [-0.4, -0.2) is 38.9 Å². The number of pyridine rings is 1. The van der Waals surface area contributed by atoms with E-state index in [0.29, 0.717) is 49.0 Å². The van der Waals surface area contributed by atoms with Gasteiger partial charge in [0.05, 0.1) is 17.0 Å². The van der Waals surface area contributed by atoms with Crippen LogP contribution in [0.2, 0.25) is 0 Å². The van der Waals surface area contributed by atoms with E-state index in [9.17, 15) is 9.18 Å². The number of rotatable bonds is 13. The fourth-order valence-electron chi connectivity index (χ4n) is 4.06. The van der Waals surface area contributed by atoms with Gasteiger partial charge in [-0.1, -0.05) is 39.0 Å².